The average molecular weight is 799 g/mol. The zero-order valence-electron chi connectivity index (χ0n) is 31.7. The highest BCUT2D eigenvalue weighted by atomic mass is 35.5. The van der Waals surface area contributed by atoms with Gasteiger partial charge in [0, 0.05) is 68.7 Å². The number of halogens is 3. The number of hydrogen-bond acceptors (Lipinski definition) is 7. The van der Waals surface area contributed by atoms with E-state index in [1.165, 1.54) is 0 Å². The Labute approximate surface area is 333 Å². The first-order valence-corrected chi connectivity index (χ1v) is 20.0. The molecule has 1 N–H and O–H groups in total. The standard InChI is InChI=1S/C41H50Cl3N5O5/c1-6-37(50)46-20-26-7-11-33(42)28(19-26)22-49(29-9-10-29)39(51)32-24-48(40(52)54-41(3,4)5)16-14-31(32)27-8-12-36(45-21-27)47-15-13-30(23-47)53-38-34(43)17-25(2)18-35(38)44/h7-8,11-12,17-19,21,29-32H,6,9-10,13-16,20,22-24H2,1-5H3,(H,46,50)/t30-,31+,32-/m1/s1. The highest BCUT2D eigenvalue weighted by Gasteiger charge is 2.43. The number of pyridine rings is 1. The zero-order valence-corrected chi connectivity index (χ0v) is 33.9. The summed E-state index contributed by atoms with van der Waals surface area (Å²) in [6.45, 7) is 12.1. The smallest absolute Gasteiger partial charge is 0.410 e. The molecule has 3 fully saturated rings. The van der Waals surface area contributed by atoms with Gasteiger partial charge in [0.25, 0.3) is 0 Å². The van der Waals surface area contributed by atoms with Crippen LogP contribution in [0.3, 0.4) is 0 Å². The van der Waals surface area contributed by atoms with E-state index in [-0.39, 0.29) is 36.4 Å². The summed E-state index contributed by atoms with van der Waals surface area (Å²) in [4.78, 5) is 50.7. The Balaban J connectivity index is 1.20. The van der Waals surface area contributed by atoms with E-state index in [0.29, 0.717) is 59.8 Å². The lowest BCUT2D eigenvalue weighted by Gasteiger charge is -2.40. The predicted molar refractivity (Wildman–Crippen MR) is 212 cm³/mol. The number of piperidine rings is 1. The van der Waals surface area contributed by atoms with E-state index in [4.69, 9.17) is 49.3 Å². The molecule has 2 saturated heterocycles. The summed E-state index contributed by atoms with van der Waals surface area (Å²) in [5.41, 5.74) is 3.00. The van der Waals surface area contributed by atoms with Crippen molar-refractivity contribution in [1.82, 2.24) is 20.1 Å². The molecule has 0 spiro atoms. The molecular formula is C41H50Cl3N5O5. The molecule has 3 aliphatic rings. The number of carbonyl (C=O) groups is 3. The topological polar surface area (TPSA) is 104 Å². The van der Waals surface area contributed by atoms with Gasteiger partial charge in [-0.3, -0.25) is 9.59 Å². The van der Waals surface area contributed by atoms with Crippen LogP contribution in [0.5, 0.6) is 5.75 Å². The van der Waals surface area contributed by atoms with E-state index in [0.717, 1.165) is 53.9 Å². The Kier molecular flexibility index (Phi) is 12.5. The van der Waals surface area contributed by atoms with Crippen molar-refractivity contribution < 1.29 is 23.9 Å². The Morgan fingerprint density at radius 3 is 2.33 bits per heavy atom. The molecule has 54 heavy (non-hydrogen) atoms. The van der Waals surface area contributed by atoms with Crippen molar-refractivity contribution in [1.29, 1.82) is 0 Å². The molecule has 3 amide bonds. The third-order valence-electron chi connectivity index (χ3n) is 10.2. The van der Waals surface area contributed by atoms with Crippen molar-refractivity contribution in [3.8, 4) is 5.75 Å². The number of anilines is 1. The Morgan fingerprint density at radius 1 is 0.944 bits per heavy atom. The molecule has 6 rings (SSSR count). The van der Waals surface area contributed by atoms with Gasteiger partial charge in [-0.15, -0.1) is 0 Å². The van der Waals surface area contributed by atoms with Gasteiger partial charge in [0.1, 0.15) is 17.5 Å². The molecular weight excluding hydrogens is 749 g/mol. The third kappa shape index (κ3) is 9.92. The third-order valence-corrected chi connectivity index (χ3v) is 11.1. The van der Waals surface area contributed by atoms with Crippen molar-refractivity contribution >= 4 is 58.5 Å². The van der Waals surface area contributed by atoms with E-state index < -0.39 is 17.6 Å². The predicted octanol–water partition coefficient (Wildman–Crippen LogP) is 8.57. The van der Waals surface area contributed by atoms with Crippen LogP contribution in [-0.4, -0.2) is 76.6 Å². The normalized spacial score (nSPS) is 20.1. The van der Waals surface area contributed by atoms with E-state index in [9.17, 15) is 14.4 Å². The van der Waals surface area contributed by atoms with Gasteiger partial charge >= 0.3 is 6.09 Å². The van der Waals surface area contributed by atoms with Crippen LogP contribution >= 0.6 is 34.8 Å². The summed E-state index contributed by atoms with van der Waals surface area (Å²) < 4.78 is 12.0. The average Bonchev–Trinajstić information content (AvgIpc) is 3.87. The minimum atomic E-state index is -0.663. The lowest BCUT2D eigenvalue weighted by Crippen LogP contribution is -2.51. The Hall–Kier alpha value is -3.73. The van der Waals surface area contributed by atoms with Crippen molar-refractivity contribution in [2.75, 3.05) is 31.1 Å². The van der Waals surface area contributed by atoms with Crippen LogP contribution < -0.4 is 15.0 Å². The second kappa shape index (κ2) is 17.0. The van der Waals surface area contributed by atoms with Gasteiger partial charge < -0.3 is 29.5 Å². The first kappa shape index (κ1) is 39.9. The molecule has 1 aliphatic carbocycles. The van der Waals surface area contributed by atoms with Crippen LogP contribution in [0, 0.1) is 12.8 Å². The molecule has 3 heterocycles. The summed E-state index contributed by atoms with van der Waals surface area (Å²) in [5.74, 6) is 0.597. The lowest BCUT2D eigenvalue weighted by atomic mass is 9.80. The monoisotopic (exact) mass is 797 g/mol. The fraction of sp³-hybridized carbons (Fsp3) is 0.512. The summed E-state index contributed by atoms with van der Waals surface area (Å²) in [5, 5.41) is 4.47. The number of amides is 3. The maximum atomic E-state index is 14.8. The first-order chi connectivity index (χ1) is 25.7. The second-order valence-electron chi connectivity index (χ2n) is 15.7. The van der Waals surface area contributed by atoms with Gasteiger partial charge in [-0.2, -0.15) is 0 Å². The molecule has 3 atom stereocenters. The largest absolute Gasteiger partial charge is 0.485 e. The van der Waals surface area contributed by atoms with Crippen molar-refractivity contribution in [2.24, 2.45) is 5.92 Å². The fourth-order valence-corrected chi connectivity index (χ4v) is 8.11. The van der Waals surface area contributed by atoms with Gasteiger partial charge in [0.2, 0.25) is 11.8 Å². The molecule has 0 bridgehead atoms. The molecule has 0 unspecified atom stereocenters. The van der Waals surface area contributed by atoms with Crippen LogP contribution in [0.25, 0.3) is 0 Å². The van der Waals surface area contributed by atoms with E-state index in [2.05, 4.69) is 16.3 Å². The van der Waals surface area contributed by atoms with Gasteiger partial charge in [-0.25, -0.2) is 9.78 Å². The number of hydrogen-bond donors (Lipinski definition) is 1. The minimum Gasteiger partial charge on any atom is -0.485 e. The summed E-state index contributed by atoms with van der Waals surface area (Å²) >= 11 is 19.6. The Morgan fingerprint density at radius 2 is 1.69 bits per heavy atom. The highest BCUT2D eigenvalue weighted by Crippen LogP contribution is 2.40. The van der Waals surface area contributed by atoms with Gasteiger partial charge in [0.15, 0.2) is 5.75 Å². The molecule has 13 heteroatoms. The number of aromatic nitrogens is 1. The quantitative estimate of drug-likeness (QED) is 0.207. The van der Waals surface area contributed by atoms with E-state index in [1.54, 1.807) is 4.90 Å². The Bertz CT molecular complexity index is 1820. The fourth-order valence-electron chi connectivity index (χ4n) is 7.25. The van der Waals surface area contributed by atoms with Crippen molar-refractivity contribution in [2.45, 2.75) is 103 Å². The lowest BCUT2D eigenvalue weighted by molar-refractivity contribution is -0.139. The number of benzene rings is 2. The van der Waals surface area contributed by atoms with Crippen molar-refractivity contribution in [3.63, 3.8) is 0 Å². The van der Waals surface area contributed by atoms with Crippen LogP contribution in [0.2, 0.25) is 15.1 Å². The molecule has 10 nitrogen and oxygen atoms in total. The maximum absolute atomic E-state index is 14.8. The first-order valence-electron chi connectivity index (χ1n) is 18.8. The second-order valence-corrected chi connectivity index (χ2v) is 16.9. The number of aryl methyl sites for hydroxylation is 1. The van der Waals surface area contributed by atoms with Crippen molar-refractivity contribution in [3.05, 3.63) is 86.0 Å². The highest BCUT2D eigenvalue weighted by molar-refractivity contribution is 6.37. The molecule has 0 radical (unpaired) electrons. The number of ether oxygens (including phenoxy) is 2. The van der Waals surface area contributed by atoms with Gasteiger partial charge in [-0.1, -0.05) is 59.9 Å². The maximum Gasteiger partial charge on any atom is 0.410 e. The van der Waals surface area contributed by atoms with E-state index >= 15 is 0 Å². The van der Waals surface area contributed by atoms with Crippen LogP contribution in [0.4, 0.5) is 10.6 Å². The number of rotatable bonds is 11. The molecule has 290 valence electrons. The number of nitrogens with one attached hydrogen (secondary N) is 1. The number of carbonyl (C=O) groups excluding carboxylic acids is 3. The van der Waals surface area contributed by atoms with Crippen LogP contribution in [0.1, 0.15) is 88.0 Å². The molecule has 2 aromatic carbocycles. The summed E-state index contributed by atoms with van der Waals surface area (Å²) in [6, 6.07) is 13.5. The minimum absolute atomic E-state index is 0.0199. The van der Waals surface area contributed by atoms with Crippen LogP contribution in [0.15, 0.2) is 48.7 Å². The van der Waals surface area contributed by atoms with Crippen LogP contribution in [-0.2, 0) is 27.4 Å². The molecule has 2 aliphatic heterocycles. The molecule has 1 saturated carbocycles. The SMILES string of the molecule is CCC(=O)NCc1ccc(Cl)c(CN(C(=O)[C@@H]2CN(C(=O)OC(C)(C)C)CC[C@H]2c2ccc(N3CC[C@@H](Oc4c(Cl)cc(C)cc4Cl)C3)nc2)C2CC2)c1. The zero-order chi connectivity index (χ0) is 38.7. The molecule has 3 aromatic rings. The molecule has 1 aromatic heterocycles. The van der Waals surface area contributed by atoms with Gasteiger partial charge in [0.05, 0.1) is 22.5 Å². The summed E-state index contributed by atoms with van der Waals surface area (Å²) in [6.07, 6.45) is 4.94. The summed E-state index contributed by atoms with van der Waals surface area (Å²) in [7, 11) is 0. The van der Waals surface area contributed by atoms with E-state index in [1.807, 2.05) is 82.1 Å². The van der Waals surface area contributed by atoms with Gasteiger partial charge in [-0.05, 0) is 93.5 Å². The number of likely N-dealkylation sites (tertiary alicyclic amines) is 1. The number of nitrogens with zero attached hydrogens (tertiary/aromatic N) is 4.